The first kappa shape index (κ1) is 23.3. The van der Waals surface area contributed by atoms with Gasteiger partial charge in [0.25, 0.3) is 0 Å². The van der Waals surface area contributed by atoms with Gasteiger partial charge in [0.2, 0.25) is 0 Å². The molecule has 1 unspecified atom stereocenters. The SMILES string of the molecule is COc1ccc(CCN(Cc2cccnc2)CC(O)COc2cccc3c2CCCC3)cc1. The number of aliphatic hydroxyl groups excluding tert-OH is 1. The van der Waals surface area contributed by atoms with Crippen molar-refractivity contribution in [2.24, 2.45) is 0 Å². The number of fused-ring (bicyclic) bond motifs is 1. The van der Waals surface area contributed by atoms with Crippen LogP contribution in [0.15, 0.2) is 67.0 Å². The lowest BCUT2D eigenvalue weighted by Gasteiger charge is -2.26. The van der Waals surface area contributed by atoms with Crippen LogP contribution in [-0.4, -0.2) is 47.9 Å². The number of nitrogens with zero attached hydrogens (tertiary/aromatic N) is 2. The third-order valence-electron chi connectivity index (χ3n) is 6.26. The molecular formula is C28H34N2O3. The summed E-state index contributed by atoms with van der Waals surface area (Å²) in [6, 6.07) is 18.5. The number of aromatic nitrogens is 1. The van der Waals surface area contributed by atoms with Crippen molar-refractivity contribution in [3.63, 3.8) is 0 Å². The molecule has 5 heteroatoms. The van der Waals surface area contributed by atoms with E-state index in [2.05, 4.69) is 40.2 Å². The smallest absolute Gasteiger partial charge is 0.122 e. The Morgan fingerprint density at radius 3 is 2.64 bits per heavy atom. The Morgan fingerprint density at radius 2 is 1.85 bits per heavy atom. The van der Waals surface area contributed by atoms with E-state index in [9.17, 15) is 5.11 Å². The highest BCUT2D eigenvalue weighted by molar-refractivity contribution is 5.41. The van der Waals surface area contributed by atoms with Crippen molar-refractivity contribution < 1.29 is 14.6 Å². The van der Waals surface area contributed by atoms with Crippen LogP contribution in [-0.2, 0) is 25.8 Å². The number of benzene rings is 2. The van der Waals surface area contributed by atoms with Gasteiger partial charge in [-0.25, -0.2) is 0 Å². The van der Waals surface area contributed by atoms with Crippen molar-refractivity contribution in [1.29, 1.82) is 0 Å². The number of hydrogen-bond acceptors (Lipinski definition) is 5. The number of hydrogen-bond donors (Lipinski definition) is 1. The Bertz CT molecular complexity index is 992. The predicted octanol–water partition coefficient (Wildman–Crippen LogP) is 4.45. The number of methoxy groups -OCH3 is 1. The maximum Gasteiger partial charge on any atom is 0.122 e. The van der Waals surface area contributed by atoms with Gasteiger partial charge in [-0.2, -0.15) is 0 Å². The number of ether oxygens (including phenoxy) is 2. The standard InChI is InChI=1S/C28H34N2O3/c1-32-26-13-11-22(12-14-26)15-17-30(19-23-6-5-16-29-18-23)20-25(31)21-33-28-10-4-8-24-7-2-3-9-27(24)28/h4-6,8,10-14,16,18,25,31H,2-3,7,9,15,17,19-21H2,1H3. The number of aliphatic hydroxyl groups is 1. The summed E-state index contributed by atoms with van der Waals surface area (Å²) >= 11 is 0. The molecule has 0 saturated heterocycles. The lowest BCUT2D eigenvalue weighted by atomic mass is 9.91. The second kappa shape index (κ2) is 11.8. The lowest BCUT2D eigenvalue weighted by Crippen LogP contribution is -2.36. The van der Waals surface area contributed by atoms with Gasteiger partial charge in [0.15, 0.2) is 0 Å². The van der Waals surface area contributed by atoms with Crippen molar-refractivity contribution >= 4 is 0 Å². The molecule has 0 radical (unpaired) electrons. The fourth-order valence-corrected chi connectivity index (χ4v) is 4.48. The highest BCUT2D eigenvalue weighted by atomic mass is 16.5. The van der Waals surface area contributed by atoms with E-state index in [1.165, 1.54) is 29.5 Å². The number of pyridine rings is 1. The molecule has 1 atom stereocenters. The first-order valence-electron chi connectivity index (χ1n) is 11.9. The largest absolute Gasteiger partial charge is 0.497 e. The molecule has 0 fully saturated rings. The minimum absolute atomic E-state index is 0.294. The van der Waals surface area contributed by atoms with Gasteiger partial charge in [0.1, 0.15) is 24.2 Å². The average molecular weight is 447 g/mol. The summed E-state index contributed by atoms with van der Waals surface area (Å²) in [4.78, 5) is 6.52. The van der Waals surface area contributed by atoms with Gasteiger partial charge in [0, 0.05) is 32.0 Å². The topological polar surface area (TPSA) is 54.8 Å². The van der Waals surface area contributed by atoms with Crippen LogP contribution in [0.3, 0.4) is 0 Å². The first-order chi connectivity index (χ1) is 16.2. The van der Waals surface area contributed by atoms with Crippen LogP contribution in [0.4, 0.5) is 0 Å². The fraction of sp³-hybridized carbons (Fsp3) is 0.393. The maximum absolute atomic E-state index is 10.8. The van der Waals surface area contributed by atoms with Crippen molar-refractivity contribution in [3.05, 3.63) is 89.2 Å². The van der Waals surface area contributed by atoms with Gasteiger partial charge in [-0.15, -0.1) is 0 Å². The van der Waals surface area contributed by atoms with Gasteiger partial charge in [-0.1, -0.05) is 30.3 Å². The van der Waals surface area contributed by atoms with E-state index in [0.29, 0.717) is 13.2 Å². The second-order valence-electron chi connectivity index (χ2n) is 8.76. The predicted molar refractivity (Wildman–Crippen MR) is 131 cm³/mol. The van der Waals surface area contributed by atoms with Gasteiger partial charge < -0.3 is 14.6 Å². The number of rotatable bonds is 11. The van der Waals surface area contributed by atoms with E-state index in [1.54, 1.807) is 13.3 Å². The third kappa shape index (κ3) is 6.80. The van der Waals surface area contributed by atoms with Crippen LogP contribution in [0.5, 0.6) is 11.5 Å². The van der Waals surface area contributed by atoms with Crippen molar-refractivity contribution in [1.82, 2.24) is 9.88 Å². The molecule has 1 N–H and O–H groups in total. The molecule has 5 nitrogen and oxygen atoms in total. The molecule has 1 heterocycles. The van der Waals surface area contributed by atoms with Crippen LogP contribution < -0.4 is 9.47 Å². The van der Waals surface area contributed by atoms with Crippen LogP contribution in [0.2, 0.25) is 0 Å². The molecule has 1 aliphatic carbocycles. The zero-order valence-corrected chi connectivity index (χ0v) is 19.5. The van der Waals surface area contributed by atoms with E-state index < -0.39 is 6.10 Å². The quantitative estimate of drug-likeness (QED) is 0.472. The van der Waals surface area contributed by atoms with Gasteiger partial charge in [-0.3, -0.25) is 9.88 Å². The van der Waals surface area contributed by atoms with E-state index in [0.717, 1.165) is 49.4 Å². The Hall–Kier alpha value is -2.89. The molecule has 1 aliphatic rings. The normalized spacial score (nSPS) is 14.0. The summed E-state index contributed by atoms with van der Waals surface area (Å²) in [5.41, 5.74) is 5.10. The minimum Gasteiger partial charge on any atom is -0.497 e. The lowest BCUT2D eigenvalue weighted by molar-refractivity contribution is 0.0655. The van der Waals surface area contributed by atoms with Crippen molar-refractivity contribution in [2.45, 2.75) is 44.8 Å². The van der Waals surface area contributed by atoms with Gasteiger partial charge >= 0.3 is 0 Å². The Labute approximate surface area is 197 Å². The second-order valence-corrected chi connectivity index (χ2v) is 8.76. The summed E-state index contributed by atoms with van der Waals surface area (Å²) in [5, 5.41) is 10.8. The average Bonchev–Trinajstić information content (AvgIpc) is 2.87. The molecule has 174 valence electrons. The van der Waals surface area contributed by atoms with Crippen LogP contribution >= 0.6 is 0 Å². The van der Waals surface area contributed by atoms with E-state index in [1.807, 2.05) is 30.5 Å². The van der Waals surface area contributed by atoms with Crippen molar-refractivity contribution in [2.75, 3.05) is 26.8 Å². The van der Waals surface area contributed by atoms with Crippen molar-refractivity contribution in [3.8, 4) is 11.5 Å². The minimum atomic E-state index is -0.572. The molecule has 1 aromatic heterocycles. The molecule has 4 rings (SSSR count). The van der Waals surface area contributed by atoms with Crippen LogP contribution in [0.1, 0.15) is 35.1 Å². The zero-order chi connectivity index (χ0) is 22.9. The molecule has 0 aliphatic heterocycles. The molecule has 33 heavy (non-hydrogen) atoms. The third-order valence-corrected chi connectivity index (χ3v) is 6.26. The maximum atomic E-state index is 10.8. The highest BCUT2D eigenvalue weighted by Crippen LogP contribution is 2.29. The number of aryl methyl sites for hydroxylation is 1. The Kier molecular flexibility index (Phi) is 8.34. The zero-order valence-electron chi connectivity index (χ0n) is 19.5. The Morgan fingerprint density at radius 1 is 1.00 bits per heavy atom. The fourth-order valence-electron chi connectivity index (χ4n) is 4.48. The van der Waals surface area contributed by atoms with Gasteiger partial charge in [-0.05, 0) is 78.6 Å². The summed E-state index contributed by atoms with van der Waals surface area (Å²) in [6.07, 6.45) is 8.64. The summed E-state index contributed by atoms with van der Waals surface area (Å²) in [5.74, 6) is 1.80. The van der Waals surface area contributed by atoms with E-state index in [4.69, 9.17) is 9.47 Å². The molecule has 0 spiro atoms. The van der Waals surface area contributed by atoms with Crippen LogP contribution in [0.25, 0.3) is 0 Å². The van der Waals surface area contributed by atoms with Gasteiger partial charge in [0.05, 0.1) is 7.11 Å². The van der Waals surface area contributed by atoms with Crippen LogP contribution in [0, 0.1) is 0 Å². The van der Waals surface area contributed by atoms with E-state index >= 15 is 0 Å². The highest BCUT2D eigenvalue weighted by Gasteiger charge is 2.17. The molecule has 0 amide bonds. The molecule has 2 aromatic carbocycles. The molecular weight excluding hydrogens is 412 g/mol. The summed E-state index contributed by atoms with van der Waals surface area (Å²) in [6.45, 7) is 2.41. The first-order valence-corrected chi connectivity index (χ1v) is 11.9. The summed E-state index contributed by atoms with van der Waals surface area (Å²) < 4.78 is 11.4. The molecule has 0 saturated carbocycles. The summed E-state index contributed by atoms with van der Waals surface area (Å²) in [7, 11) is 1.68. The molecule has 3 aromatic rings. The Balaban J connectivity index is 1.36. The molecule has 0 bridgehead atoms. The van der Waals surface area contributed by atoms with E-state index in [-0.39, 0.29) is 0 Å². The monoisotopic (exact) mass is 446 g/mol.